The first-order valence-corrected chi connectivity index (χ1v) is 14.0. The van der Waals surface area contributed by atoms with Crippen molar-refractivity contribution in [2.24, 2.45) is 4.99 Å². The molecule has 0 aliphatic rings. The Kier molecular flexibility index (Phi) is 28.1. The van der Waals surface area contributed by atoms with Crippen LogP contribution in [-0.2, 0) is 0 Å². The number of hydrogen-bond donors (Lipinski definition) is 1. The van der Waals surface area contributed by atoms with Gasteiger partial charge in [0, 0.05) is 29.7 Å². The lowest BCUT2D eigenvalue weighted by Gasteiger charge is -2.11. The summed E-state index contributed by atoms with van der Waals surface area (Å²) < 4.78 is 37.2. The van der Waals surface area contributed by atoms with Crippen LogP contribution in [0.2, 0.25) is 5.02 Å². The average molecular weight is 586 g/mol. The number of alkyl halides is 3. The minimum atomic E-state index is -4.35. The van der Waals surface area contributed by atoms with E-state index in [1.807, 2.05) is 77.2 Å². The van der Waals surface area contributed by atoms with E-state index in [4.69, 9.17) is 11.6 Å². The normalized spacial score (nSPS) is 11.1. The number of halogens is 4. The molecular formula is C32H51ClF3N3O. The summed E-state index contributed by atoms with van der Waals surface area (Å²) in [6.07, 6.45) is -1.83. The molecule has 0 aliphatic carbocycles. The summed E-state index contributed by atoms with van der Waals surface area (Å²) >= 11 is 5.71. The van der Waals surface area contributed by atoms with Gasteiger partial charge in [0.2, 0.25) is 0 Å². The molecule has 2 aromatic carbocycles. The van der Waals surface area contributed by atoms with E-state index >= 15 is 0 Å². The Morgan fingerprint density at radius 2 is 1.57 bits per heavy atom. The number of benzene rings is 2. The molecule has 0 heterocycles. The Bertz CT molecular complexity index is 908. The number of carbonyl (C=O) groups excluding carboxylic acids is 1. The quantitative estimate of drug-likeness (QED) is 0.248. The maximum Gasteiger partial charge on any atom is 0.432 e. The molecule has 0 saturated heterocycles. The molecule has 2 rings (SSSR count). The van der Waals surface area contributed by atoms with Crippen LogP contribution < -0.4 is 5.32 Å². The molecule has 8 heteroatoms. The number of carbonyl (C=O) groups is 1. The first-order valence-electron chi connectivity index (χ1n) is 13.7. The van der Waals surface area contributed by atoms with Gasteiger partial charge >= 0.3 is 6.18 Å². The molecule has 2 aromatic rings. The van der Waals surface area contributed by atoms with Crippen LogP contribution in [0, 0.1) is 6.92 Å². The van der Waals surface area contributed by atoms with Gasteiger partial charge in [-0.3, -0.25) is 9.79 Å². The van der Waals surface area contributed by atoms with Crippen LogP contribution in [0.1, 0.15) is 70.8 Å². The first kappa shape index (κ1) is 42.0. The van der Waals surface area contributed by atoms with Gasteiger partial charge in [-0.2, -0.15) is 13.2 Å². The lowest BCUT2D eigenvalue weighted by atomic mass is 10.2. The van der Waals surface area contributed by atoms with E-state index in [1.165, 1.54) is 0 Å². The average Bonchev–Trinajstić information content (AvgIpc) is 2.94. The van der Waals surface area contributed by atoms with Gasteiger partial charge < -0.3 is 10.2 Å². The second-order valence-corrected chi connectivity index (χ2v) is 9.18. The van der Waals surface area contributed by atoms with E-state index in [1.54, 1.807) is 32.9 Å². The summed E-state index contributed by atoms with van der Waals surface area (Å²) in [5, 5.41) is 3.93. The zero-order valence-electron chi connectivity index (χ0n) is 26.1. The van der Waals surface area contributed by atoms with E-state index in [2.05, 4.69) is 29.2 Å². The molecule has 4 nitrogen and oxygen atoms in total. The summed E-state index contributed by atoms with van der Waals surface area (Å²) in [7, 11) is 4.10. The Hall–Kier alpha value is -2.48. The Morgan fingerprint density at radius 3 is 1.90 bits per heavy atom. The second-order valence-electron chi connectivity index (χ2n) is 8.77. The number of allylic oxidation sites excluding steroid dienone is 2. The second kappa shape index (κ2) is 26.7. The number of aldehydes is 1. The van der Waals surface area contributed by atoms with Crippen molar-refractivity contribution < 1.29 is 18.0 Å². The highest BCUT2D eigenvalue weighted by Crippen LogP contribution is 2.20. The van der Waals surface area contributed by atoms with Crippen molar-refractivity contribution in [2.75, 3.05) is 33.7 Å². The molecule has 0 spiro atoms. The Labute approximate surface area is 246 Å². The van der Waals surface area contributed by atoms with E-state index in [0.717, 1.165) is 48.1 Å². The number of likely N-dealkylation sites (N-methyl/N-ethyl adjacent to an activating group) is 2. The topological polar surface area (TPSA) is 44.7 Å². The smallest absolute Gasteiger partial charge is 0.318 e. The summed E-state index contributed by atoms with van der Waals surface area (Å²) in [4.78, 5) is 15.9. The van der Waals surface area contributed by atoms with Crippen molar-refractivity contribution in [1.29, 1.82) is 0 Å². The third-order valence-electron chi connectivity index (χ3n) is 4.96. The standard InChI is InChI=1S/C10H16F3N.C7H7Cl.C7H6O.C6H16N2.C2H6/c1-5-8(4)14-9(6-7(2)3)10(11,12)13;1-6-4-2-3-5-7(6)8;8-6-7-4-2-1-3-5-7;1-4-8(3)6-5-7-2;1-2/h6,8H,5H2,1-4H3;2-5H,1H3;1-6H;7H,4-6H2,1-3H3;1-2H3. The van der Waals surface area contributed by atoms with E-state index in [0.29, 0.717) is 12.0 Å². The van der Waals surface area contributed by atoms with Crippen LogP contribution in [0.4, 0.5) is 13.2 Å². The molecular weight excluding hydrogens is 535 g/mol. The molecule has 1 atom stereocenters. The Balaban J connectivity index is -0.000000461. The fourth-order valence-corrected chi connectivity index (χ4v) is 2.47. The third-order valence-corrected chi connectivity index (χ3v) is 5.39. The molecule has 0 aromatic heterocycles. The summed E-state index contributed by atoms with van der Waals surface area (Å²) in [5.74, 6) is 0. The van der Waals surface area contributed by atoms with E-state index in [9.17, 15) is 18.0 Å². The number of nitrogens with one attached hydrogen (secondary N) is 1. The molecule has 0 saturated carbocycles. The van der Waals surface area contributed by atoms with Gasteiger partial charge in [-0.15, -0.1) is 0 Å². The highest BCUT2D eigenvalue weighted by Gasteiger charge is 2.34. The van der Waals surface area contributed by atoms with Crippen molar-refractivity contribution in [3.63, 3.8) is 0 Å². The number of nitrogens with zero attached hydrogens (tertiary/aromatic N) is 2. The third kappa shape index (κ3) is 25.8. The van der Waals surface area contributed by atoms with Gasteiger partial charge in [0.05, 0.1) is 0 Å². The zero-order chi connectivity index (χ0) is 31.6. The van der Waals surface area contributed by atoms with E-state index in [-0.39, 0.29) is 6.04 Å². The summed E-state index contributed by atoms with van der Waals surface area (Å²) in [6, 6.07) is 16.6. The number of rotatable bonds is 8. The minimum Gasteiger partial charge on any atom is -0.318 e. The monoisotopic (exact) mass is 585 g/mol. The lowest BCUT2D eigenvalue weighted by molar-refractivity contribution is -0.0581. The Morgan fingerprint density at radius 1 is 1.05 bits per heavy atom. The fourth-order valence-electron chi connectivity index (χ4n) is 2.34. The molecule has 0 bridgehead atoms. The van der Waals surface area contributed by atoms with Crippen LogP contribution in [0.3, 0.4) is 0 Å². The van der Waals surface area contributed by atoms with Gasteiger partial charge in [-0.25, -0.2) is 0 Å². The molecule has 1 unspecified atom stereocenters. The predicted octanol–water partition coefficient (Wildman–Crippen LogP) is 9.09. The molecule has 228 valence electrons. The van der Waals surface area contributed by atoms with Gasteiger partial charge in [-0.1, -0.05) is 93.4 Å². The fraction of sp³-hybridized carbons (Fsp3) is 0.500. The van der Waals surface area contributed by atoms with Gasteiger partial charge in [0.1, 0.15) is 12.0 Å². The lowest BCUT2D eigenvalue weighted by Crippen LogP contribution is -2.26. The van der Waals surface area contributed by atoms with Gasteiger partial charge in [0.15, 0.2) is 0 Å². The highest BCUT2D eigenvalue weighted by atomic mass is 35.5. The predicted molar refractivity (Wildman–Crippen MR) is 169 cm³/mol. The number of aliphatic imine (C=N–C) groups is 1. The SMILES string of the molecule is CC.CCC(C)N=C(C=C(C)C)C(F)(F)F.CCN(C)CCNC.Cc1ccccc1Cl.O=Cc1ccccc1. The van der Waals surface area contributed by atoms with Crippen LogP contribution in [0.15, 0.2) is 71.2 Å². The van der Waals surface area contributed by atoms with Gasteiger partial charge in [0.25, 0.3) is 0 Å². The summed E-state index contributed by atoms with van der Waals surface area (Å²) in [5.41, 5.74) is 1.68. The van der Waals surface area contributed by atoms with E-state index < -0.39 is 11.9 Å². The van der Waals surface area contributed by atoms with Crippen molar-refractivity contribution in [3.05, 3.63) is 82.4 Å². The van der Waals surface area contributed by atoms with Crippen molar-refractivity contribution >= 4 is 23.6 Å². The number of aryl methyl sites for hydroxylation is 1. The minimum absolute atomic E-state index is 0.290. The van der Waals surface area contributed by atoms with Crippen LogP contribution in [0.5, 0.6) is 0 Å². The highest BCUT2D eigenvalue weighted by molar-refractivity contribution is 6.31. The van der Waals surface area contributed by atoms with Crippen LogP contribution in [0.25, 0.3) is 0 Å². The molecule has 0 radical (unpaired) electrons. The molecule has 0 amide bonds. The maximum absolute atomic E-state index is 12.4. The largest absolute Gasteiger partial charge is 0.432 e. The van der Waals surface area contributed by atoms with Crippen molar-refractivity contribution in [2.45, 2.75) is 74.0 Å². The molecule has 0 aliphatic heterocycles. The van der Waals surface area contributed by atoms with Crippen molar-refractivity contribution in [3.8, 4) is 0 Å². The number of hydrogen-bond acceptors (Lipinski definition) is 4. The van der Waals surface area contributed by atoms with Crippen LogP contribution in [-0.4, -0.2) is 62.8 Å². The summed E-state index contributed by atoms with van der Waals surface area (Å²) in [6.45, 7) is 18.3. The molecule has 40 heavy (non-hydrogen) atoms. The molecule has 0 fully saturated rings. The van der Waals surface area contributed by atoms with Crippen LogP contribution >= 0.6 is 11.6 Å². The molecule has 1 N–H and O–H groups in total. The zero-order valence-corrected chi connectivity index (χ0v) is 26.8. The first-order chi connectivity index (χ1) is 18.8. The van der Waals surface area contributed by atoms with Gasteiger partial charge in [-0.05, 0) is 72.5 Å². The van der Waals surface area contributed by atoms with Crippen molar-refractivity contribution in [1.82, 2.24) is 10.2 Å². The maximum atomic E-state index is 12.4.